The van der Waals surface area contributed by atoms with Crippen LogP contribution < -0.4 is 15.4 Å². The molecule has 2 N–H and O–H groups in total. The molecule has 0 aromatic heterocycles. The predicted molar refractivity (Wildman–Crippen MR) is 72.7 cm³/mol. The zero-order chi connectivity index (χ0) is 14.1. The molecule has 0 fully saturated rings. The number of benzene rings is 1. The summed E-state index contributed by atoms with van der Waals surface area (Å²) >= 11 is 4.86. The van der Waals surface area contributed by atoms with Gasteiger partial charge in [-0.15, -0.1) is 0 Å². The lowest BCUT2D eigenvalue weighted by Crippen LogP contribution is -2.41. The molecule has 0 radical (unpaired) electrons. The quantitative estimate of drug-likeness (QED) is 0.639. The van der Waals surface area contributed by atoms with E-state index in [2.05, 4.69) is 15.4 Å². The SMILES string of the molecule is CCOC(=O)NC(=S)NCCOc1ccc(F)cc1. The number of nitrogens with one attached hydrogen (secondary N) is 2. The Labute approximate surface area is 116 Å². The molecule has 1 aromatic rings. The van der Waals surface area contributed by atoms with Gasteiger partial charge in [0.1, 0.15) is 18.2 Å². The van der Waals surface area contributed by atoms with Crippen LogP contribution in [0.4, 0.5) is 9.18 Å². The molecule has 0 saturated carbocycles. The Morgan fingerprint density at radius 2 is 2.05 bits per heavy atom. The number of alkyl carbamates (subject to hydrolysis) is 1. The summed E-state index contributed by atoms with van der Waals surface area (Å²) in [7, 11) is 0. The van der Waals surface area contributed by atoms with Gasteiger partial charge in [-0.3, -0.25) is 5.32 Å². The van der Waals surface area contributed by atoms with E-state index in [4.69, 9.17) is 17.0 Å². The minimum atomic E-state index is -0.598. The van der Waals surface area contributed by atoms with Crippen LogP contribution >= 0.6 is 12.2 Å². The van der Waals surface area contributed by atoms with E-state index in [1.165, 1.54) is 24.3 Å². The predicted octanol–water partition coefficient (Wildman–Crippen LogP) is 1.83. The van der Waals surface area contributed by atoms with E-state index in [0.717, 1.165) is 0 Å². The molecule has 1 amide bonds. The van der Waals surface area contributed by atoms with Crippen molar-refractivity contribution in [2.45, 2.75) is 6.92 Å². The maximum Gasteiger partial charge on any atom is 0.413 e. The maximum absolute atomic E-state index is 12.6. The van der Waals surface area contributed by atoms with Gasteiger partial charge in [-0.05, 0) is 43.4 Å². The first kappa shape index (κ1) is 15.2. The molecule has 5 nitrogen and oxygen atoms in total. The molecule has 0 saturated heterocycles. The van der Waals surface area contributed by atoms with Crippen molar-refractivity contribution >= 4 is 23.4 Å². The van der Waals surface area contributed by atoms with Crippen LogP contribution in [0.3, 0.4) is 0 Å². The second-order valence-electron chi connectivity index (χ2n) is 3.40. The van der Waals surface area contributed by atoms with Crippen molar-refractivity contribution in [1.82, 2.24) is 10.6 Å². The lowest BCUT2D eigenvalue weighted by Gasteiger charge is -2.10. The molecule has 1 aromatic carbocycles. The normalized spacial score (nSPS) is 9.58. The summed E-state index contributed by atoms with van der Waals surface area (Å²) in [6, 6.07) is 5.69. The van der Waals surface area contributed by atoms with Crippen molar-refractivity contribution in [3.05, 3.63) is 30.1 Å². The third kappa shape index (κ3) is 6.56. The number of carbonyl (C=O) groups is 1. The molecule has 0 unspecified atom stereocenters. The molecular formula is C12H15FN2O3S. The summed E-state index contributed by atoms with van der Waals surface area (Å²) in [5.74, 6) is 0.248. The van der Waals surface area contributed by atoms with Crippen molar-refractivity contribution in [1.29, 1.82) is 0 Å². The Kier molecular flexibility index (Phi) is 6.59. The summed E-state index contributed by atoms with van der Waals surface area (Å²) in [6.07, 6.45) is -0.598. The third-order valence-corrected chi connectivity index (χ3v) is 2.21. The molecule has 0 heterocycles. The maximum atomic E-state index is 12.6. The Morgan fingerprint density at radius 3 is 2.68 bits per heavy atom. The monoisotopic (exact) mass is 286 g/mol. The van der Waals surface area contributed by atoms with Gasteiger partial charge in [0.2, 0.25) is 0 Å². The van der Waals surface area contributed by atoms with Crippen LogP contribution in [-0.2, 0) is 4.74 Å². The fourth-order valence-electron chi connectivity index (χ4n) is 1.17. The Hall–Kier alpha value is -1.89. The van der Waals surface area contributed by atoms with Gasteiger partial charge in [-0.1, -0.05) is 0 Å². The summed E-state index contributed by atoms with van der Waals surface area (Å²) in [5, 5.41) is 5.28. The van der Waals surface area contributed by atoms with Crippen LogP contribution in [0.1, 0.15) is 6.92 Å². The Bertz CT molecular complexity index is 425. The molecule has 104 valence electrons. The zero-order valence-electron chi connectivity index (χ0n) is 10.4. The van der Waals surface area contributed by atoms with Crippen LogP contribution in [0.2, 0.25) is 0 Å². The van der Waals surface area contributed by atoms with E-state index in [1.54, 1.807) is 6.92 Å². The van der Waals surface area contributed by atoms with Crippen LogP contribution in [0.25, 0.3) is 0 Å². The highest BCUT2D eigenvalue weighted by atomic mass is 32.1. The minimum Gasteiger partial charge on any atom is -0.492 e. The number of halogens is 1. The van der Waals surface area contributed by atoms with Crippen molar-refractivity contribution in [2.24, 2.45) is 0 Å². The average molecular weight is 286 g/mol. The highest BCUT2D eigenvalue weighted by molar-refractivity contribution is 7.80. The number of rotatable bonds is 5. The number of thiocarbonyl (C=S) groups is 1. The van der Waals surface area contributed by atoms with Crippen LogP contribution in [-0.4, -0.2) is 31.0 Å². The molecule has 0 bridgehead atoms. The number of hydrogen-bond donors (Lipinski definition) is 2. The molecule has 0 aliphatic heterocycles. The summed E-state index contributed by atoms with van der Waals surface area (Å²) in [4.78, 5) is 11.0. The lowest BCUT2D eigenvalue weighted by molar-refractivity contribution is 0.157. The number of ether oxygens (including phenoxy) is 2. The Morgan fingerprint density at radius 1 is 1.37 bits per heavy atom. The van der Waals surface area contributed by atoms with Crippen molar-refractivity contribution in [2.75, 3.05) is 19.8 Å². The fraction of sp³-hybridized carbons (Fsp3) is 0.333. The lowest BCUT2D eigenvalue weighted by atomic mass is 10.3. The number of hydrogen-bond acceptors (Lipinski definition) is 4. The molecule has 0 aliphatic rings. The van der Waals surface area contributed by atoms with Gasteiger partial charge < -0.3 is 14.8 Å². The van der Waals surface area contributed by atoms with E-state index < -0.39 is 6.09 Å². The number of amides is 1. The molecule has 0 spiro atoms. The molecule has 19 heavy (non-hydrogen) atoms. The van der Waals surface area contributed by atoms with Crippen molar-refractivity contribution < 1.29 is 18.7 Å². The largest absolute Gasteiger partial charge is 0.492 e. The van der Waals surface area contributed by atoms with Crippen molar-refractivity contribution in [3.8, 4) is 5.75 Å². The van der Waals surface area contributed by atoms with Gasteiger partial charge in [-0.2, -0.15) is 0 Å². The van der Waals surface area contributed by atoms with E-state index in [-0.39, 0.29) is 17.5 Å². The second kappa shape index (κ2) is 8.25. The van der Waals surface area contributed by atoms with Crippen molar-refractivity contribution in [3.63, 3.8) is 0 Å². The molecule has 1 rings (SSSR count). The van der Waals surface area contributed by atoms with E-state index in [0.29, 0.717) is 18.9 Å². The summed E-state index contributed by atoms with van der Waals surface area (Å²) in [5.41, 5.74) is 0. The topological polar surface area (TPSA) is 59.6 Å². The van der Waals surface area contributed by atoms with Crippen LogP contribution in [0, 0.1) is 5.82 Å². The molecule has 0 aliphatic carbocycles. The van der Waals surface area contributed by atoms with E-state index in [1.807, 2.05) is 0 Å². The second-order valence-corrected chi connectivity index (χ2v) is 3.81. The van der Waals surface area contributed by atoms with Crippen LogP contribution in [0.15, 0.2) is 24.3 Å². The highest BCUT2D eigenvalue weighted by Gasteiger charge is 2.03. The first-order chi connectivity index (χ1) is 9.11. The fourth-order valence-corrected chi connectivity index (χ4v) is 1.35. The first-order valence-corrected chi connectivity index (χ1v) is 6.12. The number of carbonyl (C=O) groups excluding carboxylic acids is 1. The molecule has 0 atom stereocenters. The zero-order valence-corrected chi connectivity index (χ0v) is 11.3. The Balaban J connectivity index is 2.15. The summed E-state index contributed by atoms with van der Waals surface area (Å²) in [6.45, 7) is 2.72. The third-order valence-electron chi connectivity index (χ3n) is 1.96. The molecular weight excluding hydrogens is 271 g/mol. The molecule has 7 heteroatoms. The van der Waals surface area contributed by atoms with Crippen LogP contribution in [0.5, 0.6) is 5.75 Å². The van der Waals surface area contributed by atoms with Gasteiger partial charge in [0.15, 0.2) is 5.11 Å². The van der Waals surface area contributed by atoms with E-state index >= 15 is 0 Å². The van der Waals surface area contributed by atoms with E-state index in [9.17, 15) is 9.18 Å². The highest BCUT2D eigenvalue weighted by Crippen LogP contribution is 2.10. The minimum absolute atomic E-state index is 0.168. The summed E-state index contributed by atoms with van der Waals surface area (Å²) < 4.78 is 22.6. The van der Waals surface area contributed by atoms with Gasteiger partial charge in [0.25, 0.3) is 0 Å². The standard InChI is InChI=1S/C12H15FN2O3S/c1-2-17-12(16)15-11(19)14-7-8-18-10-5-3-9(13)4-6-10/h3-6H,2,7-8H2,1H3,(H2,14,15,16,19). The van der Waals surface area contributed by atoms with Gasteiger partial charge in [-0.25, -0.2) is 9.18 Å². The van der Waals surface area contributed by atoms with Gasteiger partial charge >= 0.3 is 6.09 Å². The first-order valence-electron chi connectivity index (χ1n) is 5.71. The smallest absolute Gasteiger partial charge is 0.413 e. The average Bonchev–Trinajstić information content (AvgIpc) is 2.37. The van der Waals surface area contributed by atoms with Gasteiger partial charge in [0.05, 0.1) is 13.2 Å². The van der Waals surface area contributed by atoms with Gasteiger partial charge in [0, 0.05) is 0 Å².